The van der Waals surface area contributed by atoms with E-state index in [1.807, 2.05) is 0 Å². The van der Waals surface area contributed by atoms with Gasteiger partial charge in [0.05, 0.1) is 11.3 Å². The van der Waals surface area contributed by atoms with Crippen molar-refractivity contribution in [2.75, 3.05) is 5.73 Å². The molecule has 0 amide bonds. The fourth-order valence-corrected chi connectivity index (χ4v) is 2.38. The molecule has 1 aromatic heterocycles. The summed E-state index contributed by atoms with van der Waals surface area (Å²) in [5.74, 6) is -0.126. The number of nitrogens with two attached hydrogens (primary N) is 1. The lowest BCUT2D eigenvalue weighted by molar-refractivity contribution is -0.376. The number of hydrogen-bond donors (Lipinski definition) is 2. The monoisotopic (exact) mass is 380 g/mol. The summed E-state index contributed by atoms with van der Waals surface area (Å²) in [6, 6.07) is 3.06. The Balaban J connectivity index is 2.51. The zero-order valence-corrected chi connectivity index (χ0v) is 13.3. The van der Waals surface area contributed by atoms with Crippen molar-refractivity contribution in [1.29, 1.82) is 0 Å². The van der Waals surface area contributed by atoms with Crippen molar-refractivity contribution in [3.63, 3.8) is 0 Å². The first kappa shape index (κ1) is 19.8. The standard InChI is InChI=1S/C16H14F6N2O2/c1-2-3-4-11-12(13(23)26-24-11)9-5-7-10(8-6-9)14(25,15(17,18)19)16(20,21)22/h2-3,5-8,25H,4,23H2,1H3/b3-2+. The second-order valence-corrected chi connectivity index (χ2v) is 5.42. The van der Waals surface area contributed by atoms with Gasteiger partial charge >= 0.3 is 12.4 Å². The molecule has 2 aromatic rings. The van der Waals surface area contributed by atoms with E-state index in [2.05, 4.69) is 5.16 Å². The molecule has 0 unspecified atom stereocenters. The lowest BCUT2D eigenvalue weighted by Gasteiger charge is -2.32. The quantitative estimate of drug-likeness (QED) is 0.611. The summed E-state index contributed by atoms with van der Waals surface area (Å²) in [4.78, 5) is 0. The lowest BCUT2D eigenvalue weighted by Crippen LogP contribution is -2.53. The maximum atomic E-state index is 12.9. The number of nitrogens with zero attached hydrogens (tertiary/aromatic N) is 1. The summed E-state index contributed by atoms with van der Waals surface area (Å²) in [6.07, 6.45) is -8.13. The fourth-order valence-electron chi connectivity index (χ4n) is 2.38. The summed E-state index contributed by atoms with van der Waals surface area (Å²) < 4.78 is 82.3. The summed E-state index contributed by atoms with van der Waals surface area (Å²) in [5, 5.41) is 13.1. The van der Waals surface area contributed by atoms with Crippen LogP contribution in [0.5, 0.6) is 0 Å². The Morgan fingerprint density at radius 3 is 2.08 bits per heavy atom. The molecule has 0 radical (unpaired) electrons. The molecular formula is C16H14F6N2O2. The van der Waals surface area contributed by atoms with E-state index >= 15 is 0 Å². The molecular weight excluding hydrogens is 366 g/mol. The normalized spacial score (nSPS) is 13.5. The van der Waals surface area contributed by atoms with Gasteiger partial charge in [0.2, 0.25) is 5.88 Å². The maximum Gasteiger partial charge on any atom is 0.430 e. The highest BCUT2D eigenvalue weighted by molar-refractivity contribution is 5.75. The van der Waals surface area contributed by atoms with Crippen LogP contribution in [0.15, 0.2) is 40.9 Å². The highest BCUT2D eigenvalue weighted by Crippen LogP contribution is 2.50. The van der Waals surface area contributed by atoms with Crippen molar-refractivity contribution in [1.82, 2.24) is 5.16 Å². The second kappa shape index (κ2) is 6.67. The number of aromatic nitrogens is 1. The molecule has 0 atom stereocenters. The van der Waals surface area contributed by atoms with Gasteiger partial charge in [-0.25, -0.2) is 0 Å². The number of rotatable bonds is 4. The van der Waals surface area contributed by atoms with Gasteiger partial charge in [0.15, 0.2) is 0 Å². The Hall–Kier alpha value is -2.49. The van der Waals surface area contributed by atoms with Crippen molar-refractivity contribution in [3.8, 4) is 11.1 Å². The SMILES string of the molecule is C/C=C/Cc1noc(N)c1-c1ccc(C(O)(C(F)(F)F)C(F)(F)F)cc1. The van der Waals surface area contributed by atoms with Crippen molar-refractivity contribution in [2.24, 2.45) is 0 Å². The number of alkyl halides is 6. The van der Waals surface area contributed by atoms with Crippen molar-refractivity contribution in [3.05, 3.63) is 47.7 Å². The van der Waals surface area contributed by atoms with E-state index in [1.165, 1.54) is 0 Å². The zero-order valence-electron chi connectivity index (χ0n) is 13.3. The van der Waals surface area contributed by atoms with Crippen LogP contribution in [0.3, 0.4) is 0 Å². The number of hydrogen-bond acceptors (Lipinski definition) is 4. The minimum absolute atomic E-state index is 0.126. The Morgan fingerprint density at radius 1 is 1.08 bits per heavy atom. The highest BCUT2D eigenvalue weighted by Gasteiger charge is 2.71. The molecule has 0 bridgehead atoms. The number of allylic oxidation sites excluding steroid dienone is 2. The first-order valence-corrected chi connectivity index (χ1v) is 7.25. The summed E-state index contributed by atoms with van der Waals surface area (Å²) in [7, 11) is 0. The van der Waals surface area contributed by atoms with Crippen molar-refractivity contribution >= 4 is 5.88 Å². The van der Waals surface area contributed by atoms with Crippen LogP contribution in [0, 0.1) is 0 Å². The molecule has 2 rings (SSSR count). The molecule has 0 saturated carbocycles. The number of nitrogen functional groups attached to an aromatic ring is 1. The first-order chi connectivity index (χ1) is 11.9. The van der Waals surface area contributed by atoms with Gasteiger partial charge in [0.25, 0.3) is 5.60 Å². The van der Waals surface area contributed by atoms with E-state index in [9.17, 15) is 31.4 Å². The van der Waals surface area contributed by atoms with Gasteiger partial charge < -0.3 is 15.4 Å². The predicted molar refractivity (Wildman–Crippen MR) is 80.9 cm³/mol. The fraction of sp³-hybridized carbons (Fsp3) is 0.312. The molecule has 0 aliphatic rings. The van der Waals surface area contributed by atoms with Crippen molar-refractivity contribution < 1.29 is 36.0 Å². The number of anilines is 1. The van der Waals surface area contributed by atoms with Gasteiger partial charge in [-0.3, -0.25) is 0 Å². The molecule has 4 nitrogen and oxygen atoms in total. The Morgan fingerprint density at radius 2 is 1.62 bits per heavy atom. The first-order valence-electron chi connectivity index (χ1n) is 7.25. The molecule has 26 heavy (non-hydrogen) atoms. The van der Waals surface area contributed by atoms with E-state index in [1.54, 1.807) is 19.1 Å². The van der Waals surface area contributed by atoms with Gasteiger partial charge in [0, 0.05) is 12.0 Å². The number of aliphatic hydroxyl groups is 1. The van der Waals surface area contributed by atoms with Crippen LogP contribution >= 0.6 is 0 Å². The molecule has 0 saturated heterocycles. The third kappa shape index (κ3) is 3.28. The smallest absolute Gasteiger partial charge is 0.369 e. The number of halogens is 6. The van der Waals surface area contributed by atoms with E-state index in [0.29, 0.717) is 24.2 Å². The highest BCUT2D eigenvalue weighted by atomic mass is 19.4. The third-order valence-corrected chi connectivity index (χ3v) is 3.75. The van der Waals surface area contributed by atoms with E-state index < -0.39 is 23.5 Å². The third-order valence-electron chi connectivity index (χ3n) is 3.75. The molecule has 1 heterocycles. The molecule has 0 aliphatic carbocycles. The van der Waals surface area contributed by atoms with Gasteiger partial charge in [-0.1, -0.05) is 41.6 Å². The van der Waals surface area contributed by atoms with Crippen LogP contribution in [0.2, 0.25) is 0 Å². The second-order valence-electron chi connectivity index (χ2n) is 5.42. The Kier molecular flexibility index (Phi) is 5.09. The van der Waals surface area contributed by atoms with Crippen LogP contribution in [0.25, 0.3) is 11.1 Å². The van der Waals surface area contributed by atoms with E-state index in [-0.39, 0.29) is 17.0 Å². The van der Waals surface area contributed by atoms with Gasteiger partial charge in [-0.15, -0.1) is 0 Å². The minimum Gasteiger partial charge on any atom is -0.369 e. The average molecular weight is 380 g/mol. The molecule has 3 N–H and O–H groups in total. The van der Waals surface area contributed by atoms with Crippen LogP contribution in [0.4, 0.5) is 32.2 Å². The molecule has 0 fully saturated rings. The molecule has 1 aromatic carbocycles. The summed E-state index contributed by atoms with van der Waals surface area (Å²) in [5.41, 5.74) is 0.149. The maximum absolute atomic E-state index is 12.9. The molecule has 10 heteroatoms. The van der Waals surface area contributed by atoms with Gasteiger partial charge in [-0.05, 0) is 12.5 Å². The average Bonchev–Trinajstić information content (AvgIpc) is 2.91. The zero-order chi connectivity index (χ0) is 19.8. The topological polar surface area (TPSA) is 72.3 Å². The van der Waals surface area contributed by atoms with Gasteiger partial charge in [0.1, 0.15) is 0 Å². The number of benzene rings is 1. The minimum atomic E-state index is -5.94. The van der Waals surface area contributed by atoms with E-state index in [4.69, 9.17) is 10.3 Å². The largest absolute Gasteiger partial charge is 0.430 e. The Bertz CT molecular complexity index is 777. The van der Waals surface area contributed by atoms with Gasteiger partial charge in [-0.2, -0.15) is 26.3 Å². The van der Waals surface area contributed by atoms with E-state index in [0.717, 1.165) is 12.1 Å². The summed E-state index contributed by atoms with van der Waals surface area (Å²) in [6.45, 7) is 1.76. The predicted octanol–water partition coefficient (Wildman–Crippen LogP) is 4.35. The van der Waals surface area contributed by atoms with Crippen LogP contribution < -0.4 is 5.73 Å². The van der Waals surface area contributed by atoms with Crippen LogP contribution in [-0.4, -0.2) is 22.6 Å². The van der Waals surface area contributed by atoms with Crippen LogP contribution in [0.1, 0.15) is 18.2 Å². The van der Waals surface area contributed by atoms with Crippen molar-refractivity contribution in [2.45, 2.75) is 31.3 Å². The molecule has 0 aliphatic heterocycles. The Labute approximate surface area is 143 Å². The molecule has 142 valence electrons. The molecule has 0 spiro atoms. The lowest BCUT2D eigenvalue weighted by atomic mass is 9.90. The summed E-state index contributed by atoms with van der Waals surface area (Å²) >= 11 is 0. The van der Waals surface area contributed by atoms with Crippen LogP contribution in [-0.2, 0) is 12.0 Å².